The lowest BCUT2D eigenvalue weighted by atomic mass is 10.0. The Bertz CT molecular complexity index is 637. The van der Waals surface area contributed by atoms with Gasteiger partial charge in [0.2, 0.25) is 0 Å². The van der Waals surface area contributed by atoms with Gasteiger partial charge in [-0.15, -0.1) is 0 Å². The van der Waals surface area contributed by atoms with Crippen molar-refractivity contribution in [3.8, 4) is 5.75 Å². The van der Waals surface area contributed by atoms with E-state index in [0.717, 1.165) is 12.8 Å². The standard InChI is InChI=1S/C20H25NO2/c1-4-16-11-12-17(5-2)18(13-16)14-21-20(22)15(3)23-19-9-7-6-8-10-19/h6-13,15H,4-5,14H2,1-3H3,(H,21,22)/t15-/m0/s1. The van der Waals surface area contributed by atoms with Crippen LogP contribution in [0.1, 0.15) is 37.5 Å². The second-order valence-corrected chi connectivity index (χ2v) is 5.60. The molecule has 0 bridgehead atoms. The molecule has 0 saturated heterocycles. The molecular formula is C20H25NO2. The first-order valence-electron chi connectivity index (χ1n) is 8.24. The highest BCUT2D eigenvalue weighted by molar-refractivity contribution is 5.80. The molecule has 0 radical (unpaired) electrons. The number of para-hydroxylation sites is 1. The Kier molecular flexibility index (Phi) is 6.21. The van der Waals surface area contributed by atoms with E-state index < -0.39 is 6.10 Å². The Morgan fingerprint density at radius 2 is 1.78 bits per heavy atom. The van der Waals surface area contributed by atoms with Gasteiger partial charge >= 0.3 is 0 Å². The second-order valence-electron chi connectivity index (χ2n) is 5.60. The van der Waals surface area contributed by atoms with E-state index in [-0.39, 0.29) is 5.91 Å². The van der Waals surface area contributed by atoms with Crippen LogP contribution in [0.15, 0.2) is 48.5 Å². The average Bonchev–Trinajstić information content (AvgIpc) is 2.60. The molecule has 23 heavy (non-hydrogen) atoms. The zero-order valence-corrected chi connectivity index (χ0v) is 14.1. The molecule has 3 heteroatoms. The summed E-state index contributed by atoms with van der Waals surface area (Å²) in [7, 11) is 0. The van der Waals surface area contributed by atoms with Gasteiger partial charge in [-0.3, -0.25) is 4.79 Å². The quantitative estimate of drug-likeness (QED) is 0.842. The lowest BCUT2D eigenvalue weighted by Gasteiger charge is -2.16. The highest BCUT2D eigenvalue weighted by atomic mass is 16.5. The van der Waals surface area contributed by atoms with E-state index in [2.05, 4.69) is 37.4 Å². The molecular weight excluding hydrogens is 286 g/mol. The number of hydrogen-bond acceptors (Lipinski definition) is 2. The van der Waals surface area contributed by atoms with E-state index in [4.69, 9.17) is 4.74 Å². The summed E-state index contributed by atoms with van der Waals surface area (Å²) in [6.45, 7) is 6.58. The fraction of sp³-hybridized carbons (Fsp3) is 0.350. The van der Waals surface area contributed by atoms with E-state index >= 15 is 0 Å². The van der Waals surface area contributed by atoms with E-state index in [1.54, 1.807) is 6.92 Å². The minimum Gasteiger partial charge on any atom is -0.481 e. The van der Waals surface area contributed by atoms with Crippen molar-refractivity contribution in [1.82, 2.24) is 5.32 Å². The molecule has 1 atom stereocenters. The molecule has 1 N–H and O–H groups in total. The van der Waals surface area contributed by atoms with Crippen LogP contribution >= 0.6 is 0 Å². The minimum atomic E-state index is -0.517. The first kappa shape index (κ1) is 17.1. The fourth-order valence-corrected chi connectivity index (χ4v) is 2.49. The summed E-state index contributed by atoms with van der Waals surface area (Å²) < 4.78 is 5.65. The van der Waals surface area contributed by atoms with Crippen LogP contribution in [-0.2, 0) is 24.2 Å². The van der Waals surface area contributed by atoms with Crippen molar-refractivity contribution in [1.29, 1.82) is 0 Å². The highest BCUT2D eigenvalue weighted by Gasteiger charge is 2.14. The predicted molar refractivity (Wildman–Crippen MR) is 93.6 cm³/mol. The molecule has 0 aliphatic rings. The van der Waals surface area contributed by atoms with Crippen molar-refractivity contribution in [3.05, 3.63) is 65.2 Å². The molecule has 0 spiro atoms. The summed E-state index contributed by atoms with van der Waals surface area (Å²) >= 11 is 0. The van der Waals surface area contributed by atoms with Gasteiger partial charge in [-0.05, 0) is 48.6 Å². The predicted octanol–water partition coefficient (Wildman–Crippen LogP) is 3.90. The van der Waals surface area contributed by atoms with Gasteiger partial charge in [0.25, 0.3) is 5.91 Å². The van der Waals surface area contributed by atoms with Crippen molar-refractivity contribution in [2.45, 2.75) is 46.3 Å². The van der Waals surface area contributed by atoms with Gasteiger partial charge < -0.3 is 10.1 Å². The molecule has 0 fully saturated rings. The molecule has 0 unspecified atom stereocenters. The number of hydrogen-bond donors (Lipinski definition) is 1. The number of amides is 1. The summed E-state index contributed by atoms with van der Waals surface area (Å²) in [5.74, 6) is 0.607. The number of carbonyl (C=O) groups excluding carboxylic acids is 1. The number of carbonyl (C=O) groups is 1. The Hall–Kier alpha value is -2.29. The Balaban J connectivity index is 1.96. The molecule has 0 aromatic heterocycles. The maximum absolute atomic E-state index is 12.2. The van der Waals surface area contributed by atoms with Gasteiger partial charge in [0.05, 0.1) is 0 Å². The minimum absolute atomic E-state index is 0.0993. The monoisotopic (exact) mass is 311 g/mol. The third-order valence-corrected chi connectivity index (χ3v) is 3.94. The van der Waals surface area contributed by atoms with Gasteiger partial charge in [-0.1, -0.05) is 50.2 Å². The van der Waals surface area contributed by atoms with E-state index in [0.29, 0.717) is 12.3 Å². The Morgan fingerprint density at radius 1 is 1.04 bits per heavy atom. The molecule has 3 nitrogen and oxygen atoms in total. The van der Waals surface area contributed by atoms with Crippen molar-refractivity contribution in [3.63, 3.8) is 0 Å². The van der Waals surface area contributed by atoms with Crippen LogP contribution in [0, 0.1) is 0 Å². The summed E-state index contributed by atoms with van der Waals surface area (Å²) in [6, 6.07) is 15.9. The molecule has 1 amide bonds. The molecule has 2 aromatic rings. The van der Waals surface area contributed by atoms with Crippen LogP contribution < -0.4 is 10.1 Å². The van der Waals surface area contributed by atoms with Gasteiger partial charge in [-0.25, -0.2) is 0 Å². The van der Waals surface area contributed by atoms with Crippen molar-refractivity contribution in [2.24, 2.45) is 0 Å². The fourth-order valence-electron chi connectivity index (χ4n) is 2.49. The van der Waals surface area contributed by atoms with Gasteiger partial charge in [0.1, 0.15) is 5.75 Å². The number of ether oxygens (including phenoxy) is 1. The van der Waals surface area contributed by atoms with Crippen molar-refractivity contribution < 1.29 is 9.53 Å². The number of aryl methyl sites for hydroxylation is 2. The zero-order chi connectivity index (χ0) is 16.7. The van der Waals surface area contributed by atoms with E-state index in [9.17, 15) is 4.79 Å². The average molecular weight is 311 g/mol. The molecule has 2 rings (SSSR count). The van der Waals surface area contributed by atoms with Crippen LogP contribution in [0.3, 0.4) is 0 Å². The third-order valence-electron chi connectivity index (χ3n) is 3.94. The molecule has 2 aromatic carbocycles. The summed E-state index contributed by atoms with van der Waals surface area (Å²) in [6.07, 6.45) is 1.45. The first-order valence-corrected chi connectivity index (χ1v) is 8.24. The smallest absolute Gasteiger partial charge is 0.261 e. The maximum atomic E-state index is 12.2. The third kappa shape index (κ3) is 4.85. The SMILES string of the molecule is CCc1ccc(CC)c(CNC(=O)[C@H](C)Oc2ccccc2)c1. The Morgan fingerprint density at radius 3 is 2.43 bits per heavy atom. The van der Waals surface area contributed by atoms with Crippen molar-refractivity contribution in [2.75, 3.05) is 0 Å². The van der Waals surface area contributed by atoms with Gasteiger partial charge in [-0.2, -0.15) is 0 Å². The van der Waals surface area contributed by atoms with Crippen LogP contribution in [0.2, 0.25) is 0 Å². The molecule has 0 aliphatic heterocycles. The number of rotatable bonds is 7. The van der Waals surface area contributed by atoms with E-state index in [1.165, 1.54) is 16.7 Å². The van der Waals surface area contributed by atoms with Crippen LogP contribution in [0.25, 0.3) is 0 Å². The summed E-state index contributed by atoms with van der Waals surface area (Å²) in [5, 5.41) is 2.98. The van der Waals surface area contributed by atoms with Crippen LogP contribution in [0.5, 0.6) is 5.75 Å². The van der Waals surface area contributed by atoms with Gasteiger partial charge in [0.15, 0.2) is 6.10 Å². The lowest BCUT2D eigenvalue weighted by Crippen LogP contribution is -2.36. The van der Waals surface area contributed by atoms with Gasteiger partial charge in [0, 0.05) is 6.54 Å². The van der Waals surface area contributed by atoms with Crippen LogP contribution in [0.4, 0.5) is 0 Å². The maximum Gasteiger partial charge on any atom is 0.261 e. The molecule has 0 heterocycles. The van der Waals surface area contributed by atoms with Crippen molar-refractivity contribution >= 4 is 5.91 Å². The normalized spacial score (nSPS) is 11.8. The largest absolute Gasteiger partial charge is 0.481 e. The number of benzene rings is 2. The lowest BCUT2D eigenvalue weighted by molar-refractivity contribution is -0.127. The molecule has 0 saturated carbocycles. The first-order chi connectivity index (χ1) is 11.1. The molecule has 122 valence electrons. The zero-order valence-electron chi connectivity index (χ0n) is 14.1. The Labute approximate surface area is 138 Å². The summed E-state index contributed by atoms with van der Waals surface area (Å²) in [4.78, 5) is 12.2. The number of nitrogens with one attached hydrogen (secondary N) is 1. The summed E-state index contributed by atoms with van der Waals surface area (Å²) in [5.41, 5.74) is 3.76. The van der Waals surface area contributed by atoms with Crippen LogP contribution in [-0.4, -0.2) is 12.0 Å². The van der Waals surface area contributed by atoms with E-state index in [1.807, 2.05) is 30.3 Å². The topological polar surface area (TPSA) is 38.3 Å². The molecule has 0 aliphatic carbocycles. The second kappa shape index (κ2) is 8.37. The highest BCUT2D eigenvalue weighted by Crippen LogP contribution is 2.14.